The molecular formula is C11H18. The molecule has 0 N–H and O–H groups in total. The fourth-order valence-electron chi connectivity index (χ4n) is 5.00. The van der Waals surface area contributed by atoms with E-state index >= 15 is 0 Å². The molecule has 4 atom stereocenters. The molecule has 3 fully saturated rings. The topological polar surface area (TPSA) is 0 Å². The highest BCUT2D eigenvalue weighted by Gasteiger charge is 2.79. The van der Waals surface area contributed by atoms with E-state index in [0.717, 1.165) is 40.9 Å². The first-order chi connectivity index (χ1) is 5.10. The van der Waals surface area contributed by atoms with Crippen LogP contribution < -0.4 is 0 Å². The predicted octanol–water partition coefficient (Wildman–Crippen LogP) is 2.79. The Hall–Kier alpha value is 0. The van der Waals surface area contributed by atoms with Gasteiger partial charge in [-0.1, -0.05) is 27.7 Å². The summed E-state index contributed by atoms with van der Waals surface area (Å²) in [6.45, 7) is 9.94. The first-order valence-corrected chi connectivity index (χ1v) is 5.10. The number of hydrogen-bond donors (Lipinski definition) is 0. The molecule has 3 aliphatic rings. The molecule has 0 saturated heterocycles. The Balaban J connectivity index is 1.97. The van der Waals surface area contributed by atoms with E-state index < -0.39 is 0 Å². The van der Waals surface area contributed by atoms with Crippen LogP contribution in [0.1, 0.15) is 27.7 Å². The van der Waals surface area contributed by atoms with E-state index in [-0.39, 0.29) is 0 Å². The molecule has 0 aromatic rings. The van der Waals surface area contributed by atoms with Gasteiger partial charge in [0.25, 0.3) is 0 Å². The average Bonchev–Trinajstić information content (AvgIpc) is 1.97. The smallest absolute Gasteiger partial charge is 0.0235 e. The first-order valence-electron chi connectivity index (χ1n) is 5.10. The van der Waals surface area contributed by atoms with Crippen LogP contribution in [0.3, 0.4) is 0 Å². The molecule has 0 amide bonds. The van der Waals surface area contributed by atoms with E-state index in [1.54, 1.807) is 0 Å². The van der Waals surface area contributed by atoms with Crippen LogP contribution in [-0.4, -0.2) is 0 Å². The molecule has 0 radical (unpaired) electrons. The van der Waals surface area contributed by atoms with E-state index in [2.05, 4.69) is 27.7 Å². The van der Waals surface area contributed by atoms with Gasteiger partial charge in [0.1, 0.15) is 0 Å². The standard InChI is InChI=1S/C11H18/c1-5-8-6(2)11(4)7(3)9(5)10(8)11/h5-10H,1-4H3. The third-order valence-corrected chi connectivity index (χ3v) is 5.88. The van der Waals surface area contributed by atoms with Gasteiger partial charge in [-0.15, -0.1) is 0 Å². The molecule has 0 aliphatic heterocycles. The van der Waals surface area contributed by atoms with E-state index in [1.165, 1.54) is 0 Å². The van der Waals surface area contributed by atoms with Crippen LogP contribution in [0, 0.1) is 40.9 Å². The molecule has 3 saturated carbocycles. The SMILES string of the molecule is CC1C2C(C)C3(C)C(C)C1C23. The lowest BCUT2D eigenvalue weighted by atomic mass is 9.19. The second-order valence-electron chi connectivity index (χ2n) is 5.48. The highest BCUT2D eigenvalue weighted by molar-refractivity contribution is 5.26. The van der Waals surface area contributed by atoms with E-state index in [0.29, 0.717) is 0 Å². The zero-order valence-corrected chi connectivity index (χ0v) is 7.96. The van der Waals surface area contributed by atoms with Crippen molar-refractivity contribution in [3.8, 4) is 0 Å². The number of rotatable bonds is 0. The lowest BCUT2D eigenvalue weighted by Crippen LogP contribution is -2.81. The van der Waals surface area contributed by atoms with Gasteiger partial charge in [-0.2, -0.15) is 0 Å². The van der Waals surface area contributed by atoms with E-state index in [9.17, 15) is 0 Å². The summed E-state index contributed by atoms with van der Waals surface area (Å²) in [7, 11) is 0. The Morgan fingerprint density at radius 1 is 0.909 bits per heavy atom. The van der Waals surface area contributed by atoms with Crippen LogP contribution in [0.15, 0.2) is 0 Å². The highest BCUT2D eigenvalue weighted by atomic mass is 14.8. The van der Waals surface area contributed by atoms with Gasteiger partial charge in [0, 0.05) is 0 Å². The minimum atomic E-state index is 0.780. The van der Waals surface area contributed by atoms with Crippen molar-refractivity contribution in [3.63, 3.8) is 0 Å². The van der Waals surface area contributed by atoms with Crippen molar-refractivity contribution in [3.05, 3.63) is 0 Å². The van der Waals surface area contributed by atoms with Crippen molar-refractivity contribution in [2.24, 2.45) is 40.9 Å². The highest BCUT2D eigenvalue weighted by Crippen LogP contribution is 2.83. The quantitative estimate of drug-likeness (QED) is 0.498. The molecule has 3 rings (SSSR count). The zero-order valence-electron chi connectivity index (χ0n) is 7.96. The second kappa shape index (κ2) is 1.41. The molecule has 0 aromatic carbocycles. The van der Waals surface area contributed by atoms with Crippen LogP contribution in [0.2, 0.25) is 0 Å². The van der Waals surface area contributed by atoms with Gasteiger partial charge in [0.2, 0.25) is 0 Å². The summed E-state index contributed by atoms with van der Waals surface area (Å²) in [5, 5.41) is 0. The van der Waals surface area contributed by atoms with Gasteiger partial charge in [-0.05, 0) is 40.9 Å². The summed E-state index contributed by atoms with van der Waals surface area (Å²) in [4.78, 5) is 0. The van der Waals surface area contributed by atoms with Crippen molar-refractivity contribution < 1.29 is 0 Å². The summed E-state index contributed by atoms with van der Waals surface area (Å²) in [6.07, 6.45) is 0. The molecular weight excluding hydrogens is 132 g/mol. The molecule has 3 aliphatic carbocycles. The van der Waals surface area contributed by atoms with E-state index in [4.69, 9.17) is 0 Å². The van der Waals surface area contributed by atoms with Crippen LogP contribution >= 0.6 is 0 Å². The summed E-state index contributed by atoms with van der Waals surface area (Å²) in [6, 6.07) is 0. The third kappa shape index (κ3) is 0.363. The maximum atomic E-state index is 2.52. The molecule has 0 nitrogen and oxygen atoms in total. The van der Waals surface area contributed by atoms with Gasteiger partial charge < -0.3 is 0 Å². The third-order valence-electron chi connectivity index (χ3n) is 5.88. The molecule has 4 unspecified atom stereocenters. The minimum Gasteiger partial charge on any atom is -0.0619 e. The Morgan fingerprint density at radius 2 is 1.36 bits per heavy atom. The van der Waals surface area contributed by atoms with Crippen molar-refractivity contribution >= 4 is 0 Å². The van der Waals surface area contributed by atoms with Crippen LogP contribution in [0.25, 0.3) is 0 Å². The van der Waals surface area contributed by atoms with Gasteiger partial charge >= 0.3 is 0 Å². The van der Waals surface area contributed by atoms with Crippen molar-refractivity contribution in [2.45, 2.75) is 27.7 Å². The monoisotopic (exact) mass is 150 g/mol. The molecule has 0 aromatic heterocycles. The Morgan fingerprint density at radius 3 is 1.73 bits per heavy atom. The molecule has 0 heterocycles. The van der Waals surface area contributed by atoms with Gasteiger partial charge in [-0.3, -0.25) is 0 Å². The molecule has 0 bridgehead atoms. The molecule has 11 heavy (non-hydrogen) atoms. The second-order valence-corrected chi connectivity index (χ2v) is 5.48. The molecule has 0 heteroatoms. The van der Waals surface area contributed by atoms with Crippen molar-refractivity contribution in [1.82, 2.24) is 0 Å². The average molecular weight is 150 g/mol. The minimum absolute atomic E-state index is 0.780. The molecule has 62 valence electrons. The largest absolute Gasteiger partial charge is 0.0619 e. The maximum absolute atomic E-state index is 2.52. The van der Waals surface area contributed by atoms with Crippen molar-refractivity contribution in [1.29, 1.82) is 0 Å². The van der Waals surface area contributed by atoms with Gasteiger partial charge in [-0.25, -0.2) is 0 Å². The summed E-state index contributed by atoms with van der Waals surface area (Å²) >= 11 is 0. The lowest BCUT2D eigenvalue weighted by molar-refractivity contribution is -0.380. The summed E-state index contributed by atoms with van der Waals surface area (Å²) in [5.74, 6) is 6.53. The Kier molecular flexibility index (Phi) is 0.832. The summed E-state index contributed by atoms with van der Waals surface area (Å²) < 4.78 is 0. The Labute approximate surface area is 69.4 Å². The number of hydrogen-bond acceptors (Lipinski definition) is 0. The normalized spacial score (nSPS) is 77.5. The van der Waals surface area contributed by atoms with Crippen molar-refractivity contribution in [2.75, 3.05) is 0 Å². The van der Waals surface area contributed by atoms with Gasteiger partial charge in [0.05, 0.1) is 0 Å². The van der Waals surface area contributed by atoms with Crippen LogP contribution in [0.4, 0.5) is 0 Å². The maximum Gasteiger partial charge on any atom is -0.0235 e. The fourth-order valence-corrected chi connectivity index (χ4v) is 5.00. The van der Waals surface area contributed by atoms with E-state index in [1.807, 2.05) is 0 Å². The lowest BCUT2D eigenvalue weighted by Gasteiger charge is -2.85. The fraction of sp³-hybridized carbons (Fsp3) is 1.00. The predicted molar refractivity (Wildman–Crippen MR) is 46.1 cm³/mol. The summed E-state index contributed by atoms with van der Waals surface area (Å²) in [5.41, 5.74) is 0.780. The zero-order chi connectivity index (χ0) is 7.96. The molecule has 0 spiro atoms. The van der Waals surface area contributed by atoms with Gasteiger partial charge in [0.15, 0.2) is 0 Å². The Bertz CT molecular complexity index is 187. The van der Waals surface area contributed by atoms with Crippen LogP contribution in [-0.2, 0) is 0 Å². The van der Waals surface area contributed by atoms with Crippen LogP contribution in [0.5, 0.6) is 0 Å². The first kappa shape index (κ1) is 6.51.